The number of aliphatic hydroxyl groups excluding tert-OH is 1. The van der Waals surface area contributed by atoms with Crippen molar-refractivity contribution in [1.82, 2.24) is 0 Å². The standard InChI is InChI=1S/C5H10OSe2/c1-7-4-5(3-6)8-2/h4,6H,3H2,1-2H3/b5-4+. The Balaban J connectivity index is 3.49. The van der Waals surface area contributed by atoms with E-state index in [2.05, 4.69) is 16.6 Å². The third kappa shape index (κ3) is 3.71. The van der Waals surface area contributed by atoms with Crippen LogP contribution in [0.25, 0.3) is 0 Å². The molecule has 8 heavy (non-hydrogen) atoms. The van der Waals surface area contributed by atoms with E-state index < -0.39 is 0 Å². The summed E-state index contributed by atoms with van der Waals surface area (Å²) in [5.41, 5.74) is 0. The molecule has 0 saturated carbocycles. The minimum atomic E-state index is 0.270. The van der Waals surface area contributed by atoms with Crippen molar-refractivity contribution in [1.29, 1.82) is 0 Å². The van der Waals surface area contributed by atoms with Crippen molar-refractivity contribution < 1.29 is 5.11 Å². The molecule has 0 amide bonds. The molecule has 0 aliphatic carbocycles. The molecular weight excluding hydrogens is 234 g/mol. The first-order valence-corrected chi connectivity index (χ1v) is 7.49. The van der Waals surface area contributed by atoms with E-state index in [1.165, 1.54) is 4.47 Å². The number of hydrogen-bond acceptors (Lipinski definition) is 1. The van der Waals surface area contributed by atoms with Crippen molar-refractivity contribution in [3.8, 4) is 0 Å². The molecule has 0 unspecified atom stereocenters. The summed E-state index contributed by atoms with van der Waals surface area (Å²) in [5.74, 6) is 4.27. The zero-order valence-corrected chi connectivity index (χ0v) is 8.47. The number of hydrogen-bond donors (Lipinski definition) is 1. The second kappa shape index (κ2) is 5.87. The SMILES string of the molecule is C[Se]/C=C(\CO)[Se]C. The van der Waals surface area contributed by atoms with E-state index in [-0.39, 0.29) is 6.61 Å². The Labute approximate surface area is 62.9 Å². The van der Waals surface area contributed by atoms with E-state index in [1.807, 2.05) is 0 Å². The normalized spacial score (nSPS) is 12.1. The van der Waals surface area contributed by atoms with Gasteiger partial charge in [0.2, 0.25) is 0 Å². The van der Waals surface area contributed by atoms with Gasteiger partial charge < -0.3 is 0 Å². The molecular formula is C5H10OSe2. The van der Waals surface area contributed by atoms with E-state index in [0.29, 0.717) is 29.9 Å². The van der Waals surface area contributed by atoms with Gasteiger partial charge in [-0.3, -0.25) is 0 Å². The topological polar surface area (TPSA) is 20.2 Å². The Morgan fingerprint density at radius 1 is 1.62 bits per heavy atom. The molecule has 0 rings (SSSR count). The second-order valence-electron chi connectivity index (χ2n) is 1.18. The van der Waals surface area contributed by atoms with E-state index in [1.54, 1.807) is 0 Å². The molecule has 0 aromatic carbocycles. The summed E-state index contributed by atoms with van der Waals surface area (Å²) in [7, 11) is 0. The first-order valence-electron chi connectivity index (χ1n) is 2.21. The molecule has 0 radical (unpaired) electrons. The van der Waals surface area contributed by atoms with Crippen molar-refractivity contribution in [3.05, 3.63) is 9.45 Å². The average molecular weight is 244 g/mol. The Kier molecular flexibility index (Phi) is 6.41. The molecule has 0 atom stereocenters. The van der Waals surface area contributed by atoms with Gasteiger partial charge >= 0.3 is 62.7 Å². The molecule has 0 saturated heterocycles. The van der Waals surface area contributed by atoms with Gasteiger partial charge in [-0.05, 0) is 0 Å². The molecule has 0 bridgehead atoms. The van der Waals surface area contributed by atoms with Crippen LogP contribution in [0.2, 0.25) is 11.6 Å². The van der Waals surface area contributed by atoms with Crippen LogP contribution in [0, 0.1) is 0 Å². The molecule has 1 nitrogen and oxygen atoms in total. The van der Waals surface area contributed by atoms with E-state index in [0.717, 1.165) is 0 Å². The molecule has 1 N–H and O–H groups in total. The van der Waals surface area contributed by atoms with Crippen LogP contribution < -0.4 is 0 Å². The third-order valence-electron chi connectivity index (χ3n) is 0.667. The van der Waals surface area contributed by atoms with Gasteiger partial charge in [-0.1, -0.05) is 0 Å². The molecule has 0 aliphatic heterocycles. The molecule has 0 fully saturated rings. The van der Waals surface area contributed by atoms with Gasteiger partial charge in [0.05, 0.1) is 0 Å². The maximum atomic E-state index is 8.61. The van der Waals surface area contributed by atoms with Crippen LogP contribution in [0.3, 0.4) is 0 Å². The summed E-state index contributed by atoms with van der Waals surface area (Å²) in [6, 6.07) is 0. The first-order chi connectivity index (χ1) is 3.85. The fraction of sp³-hybridized carbons (Fsp3) is 0.600. The Hall–Kier alpha value is 0.739. The monoisotopic (exact) mass is 246 g/mol. The summed E-state index contributed by atoms with van der Waals surface area (Å²) in [6.07, 6.45) is 0. The summed E-state index contributed by atoms with van der Waals surface area (Å²) < 4.78 is 1.24. The first kappa shape index (κ1) is 8.74. The zero-order valence-electron chi connectivity index (χ0n) is 5.05. The summed E-state index contributed by atoms with van der Waals surface area (Å²) in [4.78, 5) is 2.16. The molecule has 0 heterocycles. The summed E-state index contributed by atoms with van der Waals surface area (Å²) in [5, 5.41) is 8.61. The van der Waals surface area contributed by atoms with E-state index in [9.17, 15) is 0 Å². The minimum absolute atomic E-state index is 0.270. The van der Waals surface area contributed by atoms with Crippen molar-refractivity contribution in [3.63, 3.8) is 0 Å². The Morgan fingerprint density at radius 3 is 2.38 bits per heavy atom. The maximum absolute atomic E-state index is 8.61. The molecule has 48 valence electrons. The quantitative estimate of drug-likeness (QED) is 0.709. The van der Waals surface area contributed by atoms with Crippen molar-refractivity contribution in [2.75, 3.05) is 6.61 Å². The summed E-state index contributed by atoms with van der Waals surface area (Å²) in [6.45, 7) is 0.270. The van der Waals surface area contributed by atoms with Crippen molar-refractivity contribution in [2.24, 2.45) is 0 Å². The summed E-state index contributed by atoms with van der Waals surface area (Å²) >= 11 is 1.11. The van der Waals surface area contributed by atoms with Gasteiger partial charge in [0.15, 0.2) is 0 Å². The zero-order chi connectivity index (χ0) is 6.41. The average Bonchev–Trinajstić information content (AvgIpc) is 1.83. The van der Waals surface area contributed by atoms with Gasteiger partial charge in [0, 0.05) is 0 Å². The van der Waals surface area contributed by atoms with Crippen LogP contribution in [0.4, 0.5) is 0 Å². The van der Waals surface area contributed by atoms with Crippen LogP contribution in [0.15, 0.2) is 9.45 Å². The van der Waals surface area contributed by atoms with Gasteiger partial charge in [-0.25, -0.2) is 0 Å². The van der Waals surface area contributed by atoms with E-state index in [4.69, 9.17) is 5.11 Å². The fourth-order valence-corrected chi connectivity index (χ4v) is 3.56. The van der Waals surface area contributed by atoms with Gasteiger partial charge in [-0.2, -0.15) is 0 Å². The van der Waals surface area contributed by atoms with Crippen LogP contribution in [0.1, 0.15) is 0 Å². The fourth-order valence-electron chi connectivity index (χ4n) is 0.281. The Bertz CT molecular complexity index is 74.5. The predicted molar refractivity (Wildman–Crippen MR) is 38.4 cm³/mol. The number of rotatable bonds is 3. The molecule has 3 heteroatoms. The van der Waals surface area contributed by atoms with Gasteiger partial charge in [-0.15, -0.1) is 0 Å². The van der Waals surface area contributed by atoms with Crippen LogP contribution in [0.5, 0.6) is 0 Å². The van der Waals surface area contributed by atoms with Gasteiger partial charge in [0.1, 0.15) is 0 Å². The van der Waals surface area contributed by atoms with Crippen molar-refractivity contribution >= 4 is 29.9 Å². The third-order valence-corrected chi connectivity index (χ3v) is 4.13. The molecule has 0 aliphatic rings. The predicted octanol–water partition coefficient (Wildman–Crippen LogP) is 0.325. The molecule has 0 aromatic heterocycles. The Morgan fingerprint density at radius 2 is 2.25 bits per heavy atom. The van der Waals surface area contributed by atoms with Gasteiger partial charge in [0.25, 0.3) is 0 Å². The van der Waals surface area contributed by atoms with Crippen LogP contribution in [-0.2, 0) is 0 Å². The molecule has 0 aromatic rings. The van der Waals surface area contributed by atoms with Crippen molar-refractivity contribution in [2.45, 2.75) is 11.6 Å². The second-order valence-corrected chi connectivity index (χ2v) is 4.62. The molecule has 0 spiro atoms. The van der Waals surface area contributed by atoms with E-state index >= 15 is 0 Å². The van der Waals surface area contributed by atoms with Crippen LogP contribution in [-0.4, -0.2) is 41.6 Å². The number of aliphatic hydroxyl groups is 1. The van der Waals surface area contributed by atoms with Crippen LogP contribution >= 0.6 is 0 Å².